The van der Waals surface area contributed by atoms with Gasteiger partial charge in [-0.2, -0.15) is 0 Å². The number of carbonyl (C=O) groups is 1. The Bertz CT molecular complexity index is 1400. The van der Waals surface area contributed by atoms with Gasteiger partial charge in [0.25, 0.3) is 5.91 Å². The highest BCUT2D eigenvalue weighted by molar-refractivity contribution is 7.91. The third-order valence-corrected chi connectivity index (χ3v) is 9.60. The number of fused-ring (bicyclic) bond motifs is 1. The lowest BCUT2D eigenvalue weighted by molar-refractivity contribution is 0.0933. The van der Waals surface area contributed by atoms with Gasteiger partial charge in [0.1, 0.15) is 0 Å². The van der Waals surface area contributed by atoms with E-state index in [1.165, 1.54) is 46.6 Å². The number of benzene rings is 3. The van der Waals surface area contributed by atoms with Crippen LogP contribution in [-0.4, -0.2) is 58.5 Å². The summed E-state index contributed by atoms with van der Waals surface area (Å²) in [6.45, 7) is 6.28. The van der Waals surface area contributed by atoms with Gasteiger partial charge in [0.2, 0.25) is 9.84 Å². The summed E-state index contributed by atoms with van der Waals surface area (Å²) in [5.41, 5.74) is 5.83. The van der Waals surface area contributed by atoms with Crippen molar-refractivity contribution in [3.8, 4) is 0 Å². The van der Waals surface area contributed by atoms with Crippen LogP contribution in [0.3, 0.4) is 0 Å². The van der Waals surface area contributed by atoms with Crippen LogP contribution < -0.4 is 10.2 Å². The van der Waals surface area contributed by atoms with Crippen LogP contribution in [0.15, 0.2) is 70.5 Å². The molecule has 1 N–H and O–H groups in total. The highest BCUT2D eigenvalue weighted by Gasteiger charge is 2.27. The summed E-state index contributed by atoms with van der Waals surface area (Å²) in [5, 5.41) is 3.67. The van der Waals surface area contributed by atoms with Crippen LogP contribution in [0.2, 0.25) is 5.02 Å². The highest BCUT2D eigenvalue weighted by Crippen LogP contribution is 2.33. The Morgan fingerprint density at radius 2 is 1.51 bits per heavy atom. The molecule has 5 rings (SSSR count). The Morgan fingerprint density at radius 3 is 2.16 bits per heavy atom. The second-order valence-corrected chi connectivity index (χ2v) is 12.4. The SMILES string of the molecule is Cc1ccc(N2CCN(C)CC2)c2c1CC[C@H](NC(=O)c1ccc(S(=O)(=O)c3ccc(Cl)cc3)cc1)C2. The largest absolute Gasteiger partial charge is 0.369 e. The fourth-order valence-electron chi connectivity index (χ4n) is 5.31. The maximum atomic E-state index is 13.1. The summed E-state index contributed by atoms with van der Waals surface area (Å²) in [6.07, 6.45) is 2.62. The molecule has 194 valence electrons. The molecule has 0 aromatic heterocycles. The molecule has 8 heteroatoms. The number of nitrogens with zero attached hydrogens (tertiary/aromatic N) is 2. The van der Waals surface area contributed by atoms with Crippen molar-refractivity contribution < 1.29 is 13.2 Å². The first-order chi connectivity index (χ1) is 17.7. The molecule has 3 aromatic rings. The number of sulfone groups is 1. The fourth-order valence-corrected chi connectivity index (χ4v) is 6.70. The van der Waals surface area contributed by atoms with Crippen molar-refractivity contribution in [1.82, 2.24) is 10.2 Å². The van der Waals surface area contributed by atoms with Gasteiger partial charge >= 0.3 is 0 Å². The molecule has 37 heavy (non-hydrogen) atoms. The summed E-state index contributed by atoms with van der Waals surface area (Å²) >= 11 is 5.89. The van der Waals surface area contributed by atoms with E-state index in [4.69, 9.17) is 11.6 Å². The van der Waals surface area contributed by atoms with Crippen LogP contribution in [0.4, 0.5) is 5.69 Å². The zero-order valence-electron chi connectivity index (χ0n) is 21.2. The van der Waals surface area contributed by atoms with Crippen molar-refractivity contribution >= 4 is 33.0 Å². The number of hydrogen-bond donors (Lipinski definition) is 1. The Morgan fingerprint density at radius 1 is 0.892 bits per heavy atom. The average Bonchev–Trinajstić information content (AvgIpc) is 2.90. The van der Waals surface area contributed by atoms with Crippen LogP contribution in [0.25, 0.3) is 0 Å². The highest BCUT2D eigenvalue weighted by atomic mass is 35.5. The number of hydrogen-bond acceptors (Lipinski definition) is 5. The Hall–Kier alpha value is -2.87. The number of halogens is 1. The zero-order chi connectivity index (χ0) is 26.2. The van der Waals surface area contributed by atoms with E-state index in [9.17, 15) is 13.2 Å². The maximum absolute atomic E-state index is 13.1. The molecule has 1 aliphatic heterocycles. The van der Waals surface area contributed by atoms with E-state index >= 15 is 0 Å². The number of rotatable bonds is 5. The first kappa shape index (κ1) is 25.8. The van der Waals surface area contributed by atoms with Gasteiger partial charge in [-0.3, -0.25) is 4.79 Å². The molecule has 0 bridgehead atoms. The van der Waals surface area contributed by atoms with Gasteiger partial charge in [0.05, 0.1) is 9.79 Å². The molecule has 0 spiro atoms. The van der Waals surface area contributed by atoms with Gasteiger partial charge < -0.3 is 15.1 Å². The lowest BCUT2D eigenvalue weighted by Gasteiger charge is -2.37. The number of aryl methyl sites for hydroxylation is 1. The first-order valence-electron chi connectivity index (χ1n) is 12.7. The minimum Gasteiger partial charge on any atom is -0.369 e. The number of anilines is 1. The molecule has 1 atom stereocenters. The van der Waals surface area contributed by atoms with E-state index in [-0.39, 0.29) is 21.7 Å². The van der Waals surface area contributed by atoms with E-state index < -0.39 is 9.84 Å². The van der Waals surface area contributed by atoms with Crippen LogP contribution in [0, 0.1) is 6.92 Å². The standard InChI is InChI=1S/C29H32ClN3O3S/c1-20-3-14-28(33-17-15-32(2)16-18-33)27-19-23(8-13-26(20)27)31-29(34)21-4-9-24(10-5-21)37(35,36)25-11-6-22(30)7-12-25/h3-7,9-12,14,23H,8,13,15-19H2,1-2H3,(H,31,34)/t23-/m0/s1. The molecule has 6 nitrogen and oxygen atoms in total. The molecule has 1 amide bonds. The molecule has 1 aliphatic carbocycles. The molecule has 0 unspecified atom stereocenters. The Labute approximate surface area is 224 Å². The maximum Gasteiger partial charge on any atom is 0.251 e. The van der Waals surface area contributed by atoms with Crippen molar-refractivity contribution in [2.75, 3.05) is 38.1 Å². The van der Waals surface area contributed by atoms with Gasteiger partial charge in [0, 0.05) is 48.5 Å². The molecule has 2 aliphatic rings. The minimum absolute atomic E-state index is 0.0329. The van der Waals surface area contributed by atoms with Crippen LogP contribution in [-0.2, 0) is 22.7 Å². The topological polar surface area (TPSA) is 69.7 Å². The molecule has 1 saturated heterocycles. The van der Waals surface area contributed by atoms with Crippen molar-refractivity contribution in [3.05, 3.63) is 87.9 Å². The average molecular weight is 538 g/mol. The lowest BCUT2D eigenvalue weighted by Crippen LogP contribution is -2.45. The minimum atomic E-state index is -3.68. The van der Waals surface area contributed by atoms with Crippen molar-refractivity contribution in [2.24, 2.45) is 0 Å². The van der Waals surface area contributed by atoms with Crippen LogP contribution in [0.5, 0.6) is 0 Å². The smallest absolute Gasteiger partial charge is 0.251 e. The van der Waals surface area contributed by atoms with Gasteiger partial charge in [-0.15, -0.1) is 0 Å². The Balaban J connectivity index is 1.30. The third kappa shape index (κ3) is 5.40. The van der Waals surface area contributed by atoms with E-state index in [2.05, 4.69) is 41.2 Å². The quantitative estimate of drug-likeness (QED) is 0.518. The molecule has 1 heterocycles. The summed E-state index contributed by atoms with van der Waals surface area (Å²) in [7, 11) is -1.52. The predicted molar refractivity (Wildman–Crippen MR) is 148 cm³/mol. The van der Waals surface area contributed by atoms with Crippen molar-refractivity contribution in [2.45, 2.75) is 42.0 Å². The number of piperazine rings is 1. The summed E-state index contributed by atoms with van der Waals surface area (Å²) < 4.78 is 25.8. The van der Waals surface area contributed by atoms with Gasteiger partial charge in [-0.25, -0.2) is 8.42 Å². The molecule has 0 radical (unpaired) electrons. The van der Waals surface area contributed by atoms with Crippen molar-refractivity contribution in [1.29, 1.82) is 0 Å². The van der Waals surface area contributed by atoms with Gasteiger partial charge in [-0.05, 0) is 105 Å². The molecular weight excluding hydrogens is 506 g/mol. The molecule has 3 aromatic carbocycles. The van der Waals surface area contributed by atoms with Gasteiger partial charge in [0.15, 0.2) is 0 Å². The van der Waals surface area contributed by atoms with E-state index in [1.54, 1.807) is 24.3 Å². The third-order valence-electron chi connectivity index (χ3n) is 7.56. The lowest BCUT2D eigenvalue weighted by atomic mass is 9.84. The van der Waals surface area contributed by atoms with E-state index in [1.807, 2.05) is 0 Å². The summed E-state index contributed by atoms with van der Waals surface area (Å²) in [6, 6.07) is 16.7. The zero-order valence-corrected chi connectivity index (χ0v) is 22.8. The number of amides is 1. The summed E-state index contributed by atoms with van der Waals surface area (Å²) in [5.74, 6) is -0.183. The summed E-state index contributed by atoms with van der Waals surface area (Å²) in [4.78, 5) is 18.2. The molecule has 1 fully saturated rings. The van der Waals surface area contributed by atoms with E-state index in [0.29, 0.717) is 10.6 Å². The number of carbonyl (C=O) groups excluding carboxylic acids is 1. The molecule has 0 saturated carbocycles. The monoisotopic (exact) mass is 537 g/mol. The Kier molecular flexibility index (Phi) is 7.30. The van der Waals surface area contributed by atoms with E-state index in [0.717, 1.165) is 45.4 Å². The molecular formula is C29H32ClN3O3S. The number of nitrogens with one attached hydrogen (secondary N) is 1. The fraction of sp³-hybridized carbons (Fsp3) is 0.345. The van der Waals surface area contributed by atoms with Crippen LogP contribution in [0.1, 0.15) is 33.5 Å². The normalized spacial score (nSPS) is 18.4. The van der Waals surface area contributed by atoms with Crippen LogP contribution >= 0.6 is 11.6 Å². The van der Waals surface area contributed by atoms with Crippen molar-refractivity contribution in [3.63, 3.8) is 0 Å². The number of likely N-dealkylation sites (N-methyl/N-ethyl adjacent to an activating group) is 1. The predicted octanol–water partition coefficient (Wildman–Crippen LogP) is 4.52. The van der Waals surface area contributed by atoms with Gasteiger partial charge in [-0.1, -0.05) is 17.7 Å². The second-order valence-electron chi connectivity index (χ2n) is 10.0. The first-order valence-corrected chi connectivity index (χ1v) is 14.5. The second kappa shape index (κ2) is 10.5.